The average Bonchev–Trinajstić information content (AvgIpc) is 2.17. The minimum atomic E-state index is -0.0834. The van der Waals surface area contributed by atoms with Crippen LogP contribution in [0.1, 0.15) is 27.0 Å². The summed E-state index contributed by atoms with van der Waals surface area (Å²) in [7, 11) is 0. The maximum atomic E-state index is 11.7. The van der Waals surface area contributed by atoms with Gasteiger partial charge in [-0.1, -0.05) is 6.58 Å². The molecular formula is C12H14N2O. The van der Waals surface area contributed by atoms with Gasteiger partial charge in [0.05, 0.1) is 11.3 Å². The smallest absolute Gasteiger partial charge is 0.258 e. The molecule has 0 bridgehead atoms. The summed E-state index contributed by atoms with van der Waals surface area (Å²) in [5.74, 6) is 0.457. The topological polar surface area (TPSA) is 41.1 Å². The van der Waals surface area contributed by atoms with E-state index in [1.807, 2.05) is 19.9 Å². The Hall–Kier alpha value is -1.77. The Kier molecular flexibility index (Phi) is 2.03. The molecule has 78 valence electrons. The third-order valence-corrected chi connectivity index (χ3v) is 2.94. The van der Waals surface area contributed by atoms with Crippen LogP contribution in [0.25, 0.3) is 0 Å². The van der Waals surface area contributed by atoms with Crippen LogP contribution in [-0.2, 0) is 0 Å². The average molecular weight is 202 g/mol. The second-order valence-electron chi connectivity index (χ2n) is 3.92. The minimum Gasteiger partial charge on any atom is -0.341 e. The van der Waals surface area contributed by atoms with Gasteiger partial charge in [-0.05, 0) is 43.5 Å². The van der Waals surface area contributed by atoms with E-state index in [1.54, 1.807) is 0 Å². The van der Waals surface area contributed by atoms with Crippen molar-refractivity contribution in [2.75, 3.05) is 5.32 Å². The number of hydrogen-bond donors (Lipinski definition) is 2. The van der Waals surface area contributed by atoms with E-state index >= 15 is 0 Å². The first-order chi connectivity index (χ1) is 7.00. The van der Waals surface area contributed by atoms with Crippen molar-refractivity contribution in [3.63, 3.8) is 0 Å². The van der Waals surface area contributed by atoms with Gasteiger partial charge < -0.3 is 10.6 Å². The summed E-state index contributed by atoms with van der Waals surface area (Å²) in [5, 5.41) is 5.77. The predicted molar refractivity (Wildman–Crippen MR) is 60.9 cm³/mol. The molecule has 2 N–H and O–H groups in total. The van der Waals surface area contributed by atoms with Crippen LogP contribution >= 0.6 is 0 Å². The Bertz CT molecular complexity index is 475. The van der Waals surface area contributed by atoms with Crippen molar-refractivity contribution in [2.24, 2.45) is 0 Å². The third-order valence-electron chi connectivity index (χ3n) is 2.94. The third kappa shape index (κ3) is 1.40. The fourth-order valence-electron chi connectivity index (χ4n) is 1.81. The SMILES string of the molecule is C=C1NC(=O)c2cc(C)c(C)c(C)c2N1. The zero-order valence-corrected chi connectivity index (χ0v) is 9.19. The summed E-state index contributed by atoms with van der Waals surface area (Å²) in [6, 6.07) is 1.91. The Balaban J connectivity index is 2.71. The largest absolute Gasteiger partial charge is 0.341 e. The molecule has 0 radical (unpaired) electrons. The molecule has 0 atom stereocenters. The molecule has 0 aromatic heterocycles. The van der Waals surface area contributed by atoms with E-state index in [0.717, 1.165) is 16.8 Å². The molecule has 0 unspecified atom stereocenters. The van der Waals surface area contributed by atoms with Crippen molar-refractivity contribution >= 4 is 11.6 Å². The number of carbonyl (C=O) groups is 1. The summed E-state index contributed by atoms with van der Waals surface area (Å²) in [6.07, 6.45) is 0. The zero-order chi connectivity index (χ0) is 11.2. The summed E-state index contributed by atoms with van der Waals surface area (Å²) < 4.78 is 0. The van der Waals surface area contributed by atoms with Gasteiger partial charge >= 0.3 is 0 Å². The van der Waals surface area contributed by atoms with E-state index in [4.69, 9.17) is 0 Å². The van der Waals surface area contributed by atoms with Crippen molar-refractivity contribution in [3.05, 3.63) is 40.7 Å². The van der Waals surface area contributed by atoms with Crippen LogP contribution in [0.4, 0.5) is 5.69 Å². The first-order valence-electron chi connectivity index (χ1n) is 4.89. The van der Waals surface area contributed by atoms with Gasteiger partial charge in [-0.2, -0.15) is 0 Å². The van der Waals surface area contributed by atoms with Crippen LogP contribution in [0, 0.1) is 20.8 Å². The Morgan fingerprint density at radius 2 is 1.80 bits per heavy atom. The highest BCUT2D eigenvalue weighted by Crippen LogP contribution is 2.29. The van der Waals surface area contributed by atoms with Gasteiger partial charge in [0.2, 0.25) is 0 Å². The summed E-state index contributed by atoms with van der Waals surface area (Å²) in [6.45, 7) is 9.80. The van der Waals surface area contributed by atoms with Gasteiger partial charge in [0.1, 0.15) is 5.82 Å². The first kappa shape index (κ1) is 9.77. The van der Waals surface area contributed by atoms with Crippen molar-refractivity contribution in [1.82, 2.24) is 5.32 Å². The van der Waals surface area contributed by atoms with Gasteiger partial charge in [0, 0.05) is 0 Å². The second kappa shape index (κ2) is 3.12. The molecule has 1 heterocycles. The van der Waals surface area contributed by atoms with Gasteiger partial charge in [0.15, 0.2) is 0 Å². The van der Waals surface area contributed by atoms with Crippen LogP contribution in [0.5, 0.6) is 0 Å². The van der Waals surface area contributed by atoms with Crippen LogP contribution in [0.3, 0.4) is 0 Å². The number of carbonyl (C=O) groups excluding carboxylic acids is 1. The molecule has 0 aliphatic carbocycles. The lowest BCUT2D eigenvalue weighted by Crippen LogP contribution is -2.32. The number of benzene rings is 1. The maximum Gasteiger partial charge on any atom is 0.258 e. The monoisotopic (exact) mass is 202 g/mol. The summed E-state index contributed by atoms with van der Waals surface area (Å²) in [5.41, 5.74) is 5.04. The normalized spacial score (nSPS) is 14.3. The number of fused-ring (bicyclic) bond motifs is 1. The standard InChI is InChI=1S/C12H14N2O/c1-6-5-10-11(8(3)7(6)2)13-9(4)14-12(10)15/h5,13H,4H2,1-3H3,(H,14,15). The molecule has 1 aliphatic rings. The van der Waals surface area contributed by atoms with Crippen LogP contribution in [0.15, 0.2) is 18.5 Å². The number of hydrogen-bond acceptors (Lipinski definition) is 2. The molecule has 15 heavy (non-hydrogen) atoms. The number of anilines is 1. The van der Waals surface area contributed by atoms with Crippen LogP contribution in [0.2, 0.25) is 0 Å². The molecule has 2 rings (SSSR count). The first-order valence-corrected chi connectivity index (χ1v) is 4.89. The van der Waals surface area contributed by atoms with Crippen molar-refractivity contribution in [3.8, 4) is 0 Å². The lowest BCUT2D eigenvalue weighted by molar-refractivity contribution is 0.0964. The molecule has 0 saturated carbocycles. The predicted octanol–water partition coefficient (Wildman–Crippen LogP) is 2.24. The summed E-state index contributed by atoms with van der Waals surface area (Å²) in [4.78, 5) is 11.7. The molecular weight excluding hydrogens is 188 g/mol. The van der Waals surface area contributed by atoms with Crippen LogP contribution < -0.4 is 10.6 Å². The molecule has 1 aliphatic heterocycles. The molecule has 0 saturated heterocycles. The van der Waals surface area contributed by atoms with Gasteiger partial charge in [0.25, 0.3) is 5.91 Å². The van der Waals surface area contributed by atoms with Crippen molar-refractivity contribution < 1.29 is 4.79 Å². The highest BCUT2D eigenvalue weighted by Gasteiger charge is 2.21. The Labute approximate surface area is 89.2 Å². The van der Waals surface area contributed by atoms with Gasteiger partial charge in [-0.25, -0.2) is 0 Å². The van der Waals surface area contributed by atoms with E-state index in [-0.39, 0.29) is 5.91 Å². The number of amides is 1. The molecule has 1 aromatic rings. The van der Waals surface area contributed by atoms with Crippen molar-refractivity contribution in [2.45, 2.75) is 20.8 Å². The highest BCUT2D eigenvalue weighted by atomic mass is 16.1. The quantitative estimate of drug-likeness (QED) is 0.677. The van der Waals surface area contributed by atoms with Crippen molar-refractivity contribution in [1.29, 1.82) is 0 Å². The van der Waals surface area contributed by atoms with E-state index in [9.17, 15) is 4.79 Å². The Morgan fingerprint density at radius 1 is 1.13 bits per heavy atom. The van der Waals surface area contributed by atoms with Gasteiger partial charge in [-0.3, -0.25) is 4.79 Å². The molecule has 3 nitrogen and oxygen atoms in total. The van der Waals surface area contributed by atoms with Gasteiger partial charge in [-0.15, -0.1) is 0 Å². The lowest BCUT2D eigenvalue weighted by atomic mass is 9.96. The number of aryl methyl sites for hydroxylation is 1. The Morgan fingerprint density at radius 3 is 2.47 bits per heavy atom. The molecule has 1 amide bonds. The van der Waals surface area contributed by atoms with E-state index in [2.05, 4.69) is 24.1 Å². The fourth-order valence-corrected chi connectivity index (χ4v) is 1.81. The molecule has 0 fully saturated rings. The molecule has 3 heteroatoms. The van der Waals surface area contributed by atoms with E-state index < -0.39 is 0 Å². The van der Waals surface area contributed by atoms with E-state index in [0.29, 0.717) is 11.4 Å². The molecule has 1 aromatic carbocycles. The number of rotatable bonds is 0. The number of nitrogens with one attached hydrogen (secondary N) is 2. The fraction of sp³-hybridized carbons (Fsp3) is 0.250. The highest BCUT2D eigenvalue weighted by molar-refractivity contribution is 6.04. The summed E-state index contributed by atoms with van der Waals surface area (Å²) >= 11 is 0. The molecule has 0 spiro atoms. The lowest BCUT2D eigenvalue weighted by Gasteiger charge is -2.24. The zero-order valence-electron chi connectivity index (χ0n) is 9.19. The second-order valence-corrected chi connectivity index (χ2v) is 3.92. The van der Waals surface area contributed by atoms with E-state index in [1.165, 1.54) is 5.56 Å². The maximum absolute atomic E-state index is 11.7. The minimum absolute atomic E-state index is 0.0834. The van der Waals surface area contributed by atoms with Crippen LogP contribution in [-0.4, -0.2) is 5.91 Å².